The van der Waals surface area contributed by atoms with Gasteiger partial charge in [0.25, 0.3) is 0 Å². The lowest BCUT2D eigenvalue weighted by molar-refractivity contribution is 0.586. The highest BCUT2D eigenvalue weighted by Gasteiger charge is 2.11. The number of benzene rings is 1. The maximum atomic E-state index is 13.8. The Balaban J connectivity index is 3.08. The first kappa shape index (κ1) is 12.2. The Morgan fingerprint density at radius 1 is 1.13 bits per heavy atom. The molecule has 0 N–H and O–H groups in total. The molecule has 1 heteroatoms. The topological polar surface area (TPSA) is 0 Å². The summed E-state index contributed by atoms with van der Waals surface area (Å²) in [5, 5.41) is 0. The van der Waals surface area contributed by atoms with Crippen LogP contribution in [0.25, 0.3) is 0 Å². The standard InChI is InChI=1S/C14H21F/c1-9(2)6-12-7-11(5)14(10(3)4)13(15)8-12/h7-10H,6H2,1-5H3. The SMILES string of the molecule is Cc1cc(CC(C)C)cc(F)c1C(C)C. The first-order valence-electron chi connectivity index (χ1n) is 5.70. The molecule has 0 nitrogen and oxygen atoms in total. The molecule has 0 aromatic heterocycles. The fourth-order valence-electron chi connectivity index (χ4n) is 2.15. The van der Waals surface area contributed by atoms with Crippen LogP contribution in [-0.2, 0) is 6.42 Å². The van der Waals surface area contributed by atoms with E-state index in [1.54, 1.807) is 6.07 Å². The van der Waals surface area contributed by atoms with Crippen LogP contribution in [-0.4, -0.2) is 0 Å². The third-order valence-corrected chi connectivity index (χ3v) is 2.62. The van der Waals surface area contributed by atoms with Crippen molar-refractivity contribution in [3.63, 3.8) is 0 Å². The maximum Gasteiger partial charge on any atom is 0.127 e. The first-order chi connectivity index (χ1) is 6.91. The van der Waals surface area contributed by atoms with Crippen LogP contribution in [0.15, 0.2) is 12.1 Å². The molecule has 0 unspecified atom stereocenters. The molecule has 84 valence electrons. The molecular formula is C14H21F. The van der Waals surface area contributed by atoms with Crippen LogP contribution in [0.3, 0.4) is 0 Å². The molecule has 0 fully saturated rings. The lowest BCUT2D eigenvalue weighted by Gasteiger charge is -2.14. The lowest BCUT2D eigenvalue weighted by atomic mass is 9.93. The molecule has 0 bridgehead atoms. The van der Waals surface area contributed by atoms with E-state index < -0.39 is 0 Å². The highest BCUT2D eigenvalue weighted by Crippen LogP contribution is 2.24. The Bertz CT molecular complexity index is 314. The zero-order valence-corrected chi connectivity index (χ0v) is 10.4. The molecule has 0 radical (unpaired) electrons. The summed E-state index contributed by atoms with van der Waals surface area (Å²) in [4.78, 5) is 0. The van der Waals surface area contributed by atoms with Gasteiger partial charge in [0.15, 0.2) is 0 Å². The Morgan fingerprint density at radius 3 is 2.13 bits per heavy atom. The van der Waals surface area contributed by atoms with E-state index in [4.69, 9.17) is 0 Å². The molecule has 0 saturated heterocycles. The number of aryl methyl sites for hydroxylation is 1. The van der Waals surface area contributed by atoms with E-state index in [1.165, 1.54) is 0 Å². The Morgan fingerprint density at radius 2 is 1.73 bits per heavy atom. The van der Waals surface area contributed by atoms with E-state index in [0.29, 0.717) is 5.92 Å². The highest BCUT2D eigenvalue weighted by molar-refractivity contribution is 5.34. The Hall–Kier alpha value is -0.850. The summed E-state index contributed by atoms with van der Waals surface area (Å²) in [5.74, 6) is 0.799. The molecule has 0 aliphatic rings. The average Bonchev–Trinajstić information content (AvgIpc) is 1.99. The first-order valence-corrected chi connectivity index (χ1v) is 5.70. The molecule has 1 rings (SSSR count). The minimum atomic E-state index is -0.0411. The molecule has 0 saturated carbocycles. The van der Waals surface area contributed by atoms with Gasteiger partial charge in [-0.25, -0.2) is 4.39 Å². The molecule has 0 spiro atoms. The number of hydrogen-bond acceptors (Lipinski definition) is 0. The van der Waals surface area contributed by atoms with Gasteiger partial charge in [0, 0.05) is 0 Å². The van der Waals surface area contributed by atoms with Crippen LogP contribution in [0.4, 0.5) is 4.39 Å². The molecular weight excluding hydrogens is 187 g/mol. The molecule has 0 atom stereocenters. The Kier molecular flexibility index (Phi) is 3.90. The molecule has 0 aliphatic heterocycles. The van der Waals surface area contributed by atoms with Gasteiger partial charge in [-0.3, -0.25) is 0 Å². The second-order valence-electron chi connectivity index (χ2n) is 5.06. The van der Waals surface area contributed by atoms with Crippen molar-refractivity contribution in [3.05, 3.63) is 34.6 Å². The van der Waals surface area contributed by atoms with E-state index in [9.17, 15) is 4.39 Å². The lowest BCUT2D eigenvalue weighted by Crippen LogP contribution is -2.01. The van der Waals surface area contributed by atoms with E-state index in [2.05, 4.69) is 19.9 Å². The predicted octanol–water partition coefficient (Wildman–Crippen LogP) is 4.46. The fourth-order valence-corrected chi connectivity index (χ4v) is 2.15. The van der Waals surface area contributed by atoms with Gasteiger partial charge in [-0.1, -0.05) is 33.8 Å². The number of halogens is 1. The summed E-state index contributed by atoms with van der Waals surface area (Å²) in [5.41, 5.74) is 3.06. The summed E-state index contributed by atoms with van der Waals surface area (Å²) < 4.78 is 13.8. The molecule has 1 aromatic carbocycles. The van der Waals surface area contributed by atoms with Gasteiger partial charge >= 0.3 is 0 Å². The fraction of sp³-hybridized carbons (Fsp3) is 0.571. The van der Waals surface area contributed by atoms with Gasteiger partial charge < -0.3 is 0 Å². The van der Waals surface area contributed by atoms with Gasteiger partial charge in [-0.15, -0.1) is 0 Å². The van der Waals surface area contributed by atoms with Crippen LogP contribution in [0.1, 0.15) is 50.3 Å². The summed E-state index contributed by atoms with van der Waals surface area (Å²) in [7, 11) is 0. The van der Waals surface area contributed by atoms with Crippen LogP contribution in [0, 0.1) is 18.7 Å². The summed E-state index contributed by atoms with van der Waals surface area (Å²) in [6.45, 7) is 10.4. The molecule has 0 amide bonds. The molecule has 0 heterocycles. The minimum absolute atomic E-state index is 0.0411. The van der Waals surface area contributed by atoms with Crippen molar-refractivity contribution >= 4 is 0 Å². The normalized spacial score (nSPS) is 11.5. The van der Waals surface area contributed by atoms with Crippen molar-refractivity contribution in [3.8, 4) is 0 Å². The monoisotopic (exact) mass is 208 g/mol. The van der Waals surface area contributed by atoms with E-state index in [0.717, 1.165) is 23.1 Å². The average molecular weight is 208 g/mol. The third-order valence-electron chi connectivity index (χ3n) is 2.62. The van der Waals surface area contributed by atoms with Crippen LogP contribution in [0.5, 0.6) is 0 Å². The maximum absolute atomic E-state index is 13.8. The van der Waals surface area contributed by atoms with Crippen molar-refractivity contribution in [2.75, 3.05) is 0 Å². The third kappa shape index (κ3) is 3.05. The predicted molar refractivity (Wildman–Crippen MR) is 63.8 cm³/mol. The van der Waals surface area contributed by atoms with Crippen LogP contribution >= 0.6 is 0 Å². The van der Waals surface area contributed by atoms with Gasteiger partial charge in [-0.2, -0.15) is 0 Å². The van der Waals surface area contributed by atoms with E-state index >= 15 is 0 Å². The zero-order valence-electron chi connectivity index (χ0n) is 10.4. The van der Waals surface area contributed by atoms with E-state index in [1.807, 2.05) is 20.8 Å². The van der Waals surface area contributed by atoms with Crippen molar-refractivity contribution in [2.24, 2.45) is 5.92 Å². The van der Waals surface area contributed by atoms with Gasteiger partial charge in [0.1, 0.15) is 5.82 Å². The largest absolute Gasteiger partial charge is 0.207 e. The van der Waals surface area contributed by atoms with Crippen LogP contribution < -0.4 is 0 Å². The Labute approximate surface area is 92.5 Å². The summed E-state index contributed by atoms with van der Waals surface area (Å²) >= 11 is 0. The molecule has 15 heavy (non-hydrogen) atoms. The summed E-state index contributed by atoms with van der Waals surface area (Å²) in [6.07, 6.45) is 0.954. The molecule has 0 aliphatic carbocycles. The number of hydrogen-bond donors (Lipinski definition) is 0. The van der Waals surface area contributed by atoms with Crippen molar-refractivity contribution in [1.29, 1.82) is 0 Å². The quantitative estimate of drug-likeness (QED) is 0.688. The molecule has 1 aromatic rings. The van der Waals surface area contributed by atoms with Crippen molar-refractivity contribution in [1.82, 2.24) is 0 Å². The van der Waals surface area contributed by atoms with Crippen molar-refractivity contribution < 1.29 is 4.39 Å². The van der Waals surface area contributed by atoms with Crippen LogP contribution in [0.2, 0.25) is 0 Å². The van der Waals surface area contributed by atoms with Gasteiger partial charge in [0.05, 0.1) is 0 Å². The van der Waals surface area contributed by atoms with Crippen molar-refractivity contribution in [2.45, 2.75) is 47.0 Å². The highest BCUT2D eigenvalue weighted by atomic mass is 19.1. The summed E-state index contributed by atoms with van der Waals surface area (Å²) in [6, 6.07) is 3.82. The number of rotatable bonds is 3. The van der Waals surface area contributed by atoms with E-state index in [-0.39, 0.29) is 11.7 Å². The second kappa shape index (κ2) is 4.78. The smallest absolute Gasteiger partial charge is 0.127 e. The minimum Gasteiger partial charge on any atom is -0.207 e. The van der Waals surface area contributed by atoms with Gasteiger partial charge in [-0.05, 0) is 47.9 Å². The second-order valence-corrected chi connectivity index (χ2v) is 5.06. The van der Waals surface area contributed by atoms with Gasteiger partial charge in [0.2, 0.25) is 0 Å². The zero-order chi connectivity index (χ0) is 11.6.